The lowest BCUT2D eigenvalue weighted by molar-refractivity contribution is 0.607. The molecule has 0 saturated heterocycles. The Balaban J connectivity index is 1.73. The summed E-state index contributed by atoms with van der Waals surface area (Å²) >= 11 is 2.61. The normalized spacial score (nSPS) is 21.2. The van der Waals surface area contributed by atoms with Crippen LogP contribution in [0.15, 0.2) is 69.1 Å². The van der Waals surface area contributed by atoms with Gasteiger partial charge in [-0.1, -0.05) is 12.1 Å². The van der Waals surface area contributed by atoms with Crippen LogP contribution in [-0.2, 0) is 19.7 Å². The second kappa shape index (κ2) is 5.38. The Kier molecular flexibility index (Phi) is 3.54. The van der Waals surface area contributed by atoms with Gasteiger partial charge < -0.3 is 0 Å². The highest BCUT2D eigenvalue weighted by molar-refractivity contribution is 8.09. The third-order valence-corrected chi connectivity index (χ3v) is 9.64. The van der Waals surface area contributed by atoms with Crippen LogP contribution in [0.2, 0.25) is 0 Å². The summed E-state index contributed by atoms with van der Waals surface area (Å²) in [7, 11) is -7.68. The maximum absolute atomic E-state index is 12.8. The Bertz CT molecular complexity index is 1040. The Hall–Kier alpha value is -1.74. The summed E-state index contributed by atoms with van der Waals surface area (Å²) in [6, 6.07) is 6.93. The Morgan fingerprint density at radius 2 is 0.958 bits per heavy atom. The molecule has 0 atom stereocenters. The van der Waals surface area contributed by atoms with Crippen LogP contribution < -0.4 is 0 Å². The zero-order valence-electron chi connectivity index (χ0n) is 12.0. The average molecular weight is 395 g/mol. The summed E-state index contributed by atoms with van der Waals surface area (Å²) in [4.78, 5) is 1.18. The monoisotopic (exact) mass is 394 g/mol. The van der Waals surface area contributed by atoms with Gasteiger partial charge in [0, 0.05) is 9.75 Å². The van der Waals surface area contributed by atoms with Gasteiger partial charge in [-0.3, -0.25) is 0 Å². The van der Waals surface area contributed by atoms with Gasteiger partial charge in [-0.2, -0.15) is 0 Å². The molecule has 0 spiro atoms. The molecule has 0 bridgehead atoms. The van der Waals surface area contributed by atoms with Gasteiger partial charge in [-0.15, -0.1) is 22.7 Å². The van der Waals surface area contributed by atoms with E-state index in [-0.39, 0.29) is 19.6 Å². The van der Waals surface area contributed by atoms with Crippen molar-refractivity contribution in [2.24, 2.45) is 0 Å². The van der Waals surface area contributed by atoms with Crippen molar-refractivity contribution in [1.29, 1.82) is 0 Å². The number of rotatable bonds is 3. The molecular formula is C16H10O4S4. The predicted octanol–water partition coefficient (Wildman–Crippen LogP) is 3.82. The molecule has 0 saturated carbocycles. The molecular weight excluding hydrogens is 384 g/mol. The molecule has 122 valence electrons. The SMILES string of the molecule is O=S1(=O)C(C2=CC=C(c3cccs3)S2(=O)=O)=CC=C1c1cccs1. The Labute approximate surface area is 147 Å². The first-order valence-corrected chi connectivity index (χ1v) is 11.6. The molecule has 0 fully saturated rings. The van der Waals surface area contributed by atoms with Crippen molar-refractivity contribution in [3.05, 3.63) is 78.9 Å². The van der Waals surface area contributed by atoms with Crippen molar-refractivity contribution >= 4 is 52.2 Å². The number of sulfone groups is 2. The van der Waals surface area contributed by atoms with Crippen molar-refractivity contribution in [3.63, 3.8) is 0 Å². The largest absolute Gasteiger partial charge is 0.218 e. The third kappa shape index (κ3) is 2.21. The van der Waals surface area contributed by atoms with Crippen LogP contribution in [0.1, 0.15) is 9.75 Å². The fraction of sp³-hybridized carbons (Fsp3) is 0. The van der Waals surface area contributed by atoms with Gasteiger partial charge in [-0.05, 0) is 47.2 Å². The van der Waals surface area contributed by atoms with Crippen molar-refractivity contribution < 1.29 is 16.8 Å². The number of hydrogen-bond acceptors (Lipinski definition) is 6. The Morgan fingerprint density at radius 3 is 1.29 bits per heavy atom. The lowest BCUT2D eigenvalue weighted by Gasteiger charge is -2.09. The highest BCUT2D eigenvalue weighted by Crippen LogP contribution is 2.44. The smallest absolute Gasteiger partial charge is 0.209 e. The third-order valence-electron chi connectivity index (χ3n) is 3.70. The highest BCUT2D eigenvalue weighted by atomic mass is 32.2. The van der Waals surface area contributed by atoms with Gasteiger partial charge in [-0.25, -0.2) is 16.8 Å². The summed E-state index contributed by atoms with van der Waals surface area (Å²) in [5, 5.41) is 3.57. The minimum atomic E-state index is -3.84. The van der Waals surface area contributed by atoms with Crippen LogP contribution >= 0.6 is 22.7 Å². The van der Waals surface area contributed by atoms with E-state index < -0.39 is 19.7 Å². The van der Waals surface area contributed by atoms with E-state index >= 15 is 0 Å². The highest BCUT2D eigenvalue weighted by Gasteiger charge is 2.40. The van der Waals surface area contributed by atoms with Gasteiger partial charge in [0.2, 0.25) is 19.7 Å². The van der Waals surface area contributed by atoms with Crippen molar-refractivity contribution in [2.45, 2.75) is 0 Å². The van der Waals surface area contributed by atoms with Crippen molar-refractivity contribution in [3.8, 4) is 0 Å². The second-order valence-corrected chi connectivity index (χ2v) is 10.8. The number of hydrogen-bond donors (Lipinski definition) is 0. The summed E-state index contributed by atoms with van der Waals surface area (Å²) in [5.74, 6) is 0. The molecule has 8 heteroatoms. The summed E-state index contributed by atoms with van der Waals surface area (Å²) in [6.45, 7) is 0. The second-order valence-electron chi connectivity index (χ2n) is 5.09. The molecule has 24 heavy (non-hydrogen) atoms. The van der Waals surface area contributed by atoms with E-state index in [4.69, 9.17) is 0 Å². The fourth-order valence-electron chi connectivity index (χ4n) is 2.59. The first kappa shape index (κ1) is 15.8. The van der Waals surface area contributed by atoms with Gasteiger partial charge in [0.25, 0.3) is 0 Å². The van der Waals surface area contributed by atoms with E-state index in [9.17, 15) is 16.8 Å². The minimum Gasteiger partial charge on any atom is -0.218 e. The molecule has 4 nitrogen and oxygen atoms in total. The van der Waals surface area contributed by atoms with Crippen LogP contribution in [0.25, 0.3) is 9.81 Å². The molecule has 2 aromatic heterocycles. The molecule has 2 aliphatic rings. The Morgan fingerprint density at radius 1 is 0.583 bits per heavy atom. The molecule has 4 heterocycles. The van der Waals surface area contributed by atoms with E-state index in [0.29, 0.717) is 9.75 Å². The van der Waals surface area contributed by atoms with Gasteiger partial charge in [0.05, 0.1) is 19.6 Å². The predicted molar refractivity (Wildman–Crippen MR) is 98.6 cm³/mol. The standard InChI is InChI=1S/C16H10O4S4/c17-23(18)13(11-3-1-9-21-11)5-7-15(23)16-8-6-14(24(16,19)20)12-4-2-10-22-12/h1-10H. The molecule has 4 rings (SSSR count). The molecule has 0 amide bonds. The first-order valence-electron chi connectivity index (χ1n) is 6.84. The lowest BCUT2D eigenvalue weighted by atomic mass is 10.3. The van der Waals surface area contributed by atoms with Crippen molar-refractivity contribution in [2.75, 3.05) is 0 Å². The van der Waals surface area contributed by atoms with E-state index in [0.717, 1.165) is 0 Å². The minimum absolute atomic E-state index is 0.146. The van der Waals surface area contributed by atoms with Gasteiger partial charge in [0.15, 0.2) is 0 Å². The molecule has 0 aliphatic carbocycles. The van der Waals surface area contributed by atoms with Crippen LogP contribution in [0.5, 0.6) is 0 Å². The first-order chi connectivity index (χ1) is 11.4. The average Bonchev–Trinajstić information content (AvgIpc) is 3.26. The molecule has 0 N–H and O–H groups in total. The van der Waals surface area contributed by atoms with Crippen LogP contribution in [-0.4, -0.2) is 16.8 Å². The van der Waals surface area contributed by atoms with Crippen LogP contribution in [0, 0.1) is 0 Å². The van der Waals surface area contributed by atoms with E-state index in [1.807, 2.05) is 0 Å². The summed E-state index contributed by atoms with van der Waals surface area (Å²) in [6.07, 6.45) is 5.68. The molecule has 0 unspecified atom stereocenters. The topological polar surface area (TPSA) is 68.3 Å². The van der Waals surface area contributed by atoms with Gasteiger partial charge in [0.1, 0.15) is 0 Å². The maximum atomic E-state index is 12.8. The van der Waals surface area contributed by atoms with Crippen LogP contribution in [0.4, 0.5) is 0 Å². The number of allylic oxidation sites excluding steroid dienone is 4. The zero-order valence-corrected chi connectivity index (χ0v) is 15.3. The van der Waals surface area contributed by atoms with E-state index in [2.05, 4.69) is 0 Å². The van der Waals surface area contributed by atoms with E-state index in [1.165, 1.54) is 47.0 Å². The fourth-order valence-corrected chi connectivity index (χ4v) is 8.28. The molecule has 2 aliphatic heterocycles. The summed E-state index contributed by atoms with van der Waals surface area (Å²) < 4.78 is 51.2. The molecule has 0 radical (unpaired) electrons. The zero-order chi connectivity index (χ0) is 16.9. The number of thiophene rings is 2. The summed E-state index contributed by atoms with van der Waals surface area (Å²) in [5.41, 5.74) is 0. The van der Waals surface area contributed by atoms with Gasteiger partial charge >= 0.3 is 0 Å². The van der Waals surface area contributed by atoms with Crippen LogP contribution in [0.3, 0.4) is 0 Å². The quantitative estimate of drug-likeness (QED) is 0.794. The van der Waals surface area contributed by atoms with Crippen molar-refractivity contribution in [1.82, 2.24) is 0 Å². The molecule has 2 aromatic rings. The lowest BCUT2D eigenvalue weighted by Crippen LogP contribution is -2.10. The maximum Gasteiger partial charge on any atom is 0.209 e. The molecule has 0 aromatic carbocycles. The van der Waals surface area contributed by atoms with E-state index in [1.54, 1.807) is 35.0 Å².